The highest BCUT2D eigenvalue weighted by atomic mass is 35.5. The highest BCUT2D eigenvalue weighted by Crippen LogP contribution is 2.20. The Morgan fingerprint density at radius 3 is 2.26 bits per heavy atom. The molecular formula is C13H22Cl4N2. The van der Waals surface area contributed by atoms with Crippen molar-refractivity contribution in [3.8, 4) is 0 Å². The third kappa shape index (κ3) is 8.23. The zero-order valence-corrected chi connectivity index (χ0v) is 14.4. The van der Waals surface area contributed by atoms with Crippen LogP contribution in [0.15, 0.2) is 18.2 Å². The summed E-state index contributed by atoms with van der Waals surface area (Å²) in [6, 6.07) is 5.62. The van der Waals surface area contributed by atoms with Crippen molar-refractivity contribution in [1.82, 2.24) is 10.2 Å². The first-order valence-corrected chi connectivity index (χ1v) is 6.80. The number of rotatable bonds is 7. The normalized spacial score (nSPS) is 9.95. The molecule has 1 aromatic carbocycles. The second kappa shape index (κ2) is 12.1. The van der Waals surface area contributed by atoms with E-state index in [1.807, 2.05) is 12.1 Å². The van der Waals surface area contributed by atoms with Crippen molar-refractivity contribution in [2.45, 2.75) is 20.4 Å². The molecule has 0 unspecified atom stereocenters. The lowest BCUT2D eigenvalue weighted by molar-refractivity contribution is 0.302. The predicted octanol–water partition coefficient (Wildman–Crippen LogP) is 4.27. The monoisotopic (exact) mass is 346 g/mol. The van der Waals surface area contributed by atoms with Gasteiger partial charge in [-0.3, -0.25) is 0 Å². The van der Waals surface area contributed by atoms with Gasteiger partial charge in [-0.1, -0.05) is 43.1 Å². The van der Waals surface area contributed by atoms with E-state index in [9.17, 15) is 0 Å². The van der Waals surface area contributed by atoms with Crippen LogP contribution in [-0.2, 0) is 6.54 Å². The largest absolute Gasteiger partial charge is 0.311 e. The second-order valence-electron chi connectivity index (χ2n) is 3.94. The van der Waals surface area contributed by atoms with E-state index in [2.05, 4.69) is 24.1 Å². The summed E-state index contributed by atoms with van der Waals surface area (Å²) in [7, 11) is 0. The molecule has 1 N–H and O–H groups in total. The van der Waals surface area contributed by atoms with E-state index < -0.39 is 0 Å². The first-order chi connectivity index (χ1) is 8.17. The Morgan fingerprint density at radius 2 is 1.74 bits per heavy atom. The van der Waals surface area contributed by atoms with Gasteiger partial charge in [-0.05, 0) is 30.8 Å². The maximum absolute atomic E-state index is 6.09. The molecule has 0 aliphatic heterocycles. The zero-order chi connectivity index (χ0) is 12.7. The fourth-order valence-corrected chi connectivity index (χ4v) is 2.14. The number of likely N-dealkylation sites (N-methyl/N-ethyl adjacent to an activating group) is 1. The van der Waals surface area contributed by atoms with E-state index in [4.69, 9.17) is 23.2 Å². The molecule has 0 fully saturated rings. The summed E-state index contributed by atoms with van der Waals surface area (Å²) in [4.78, 5) is 2.39. The van der Waals surface area contributed by atoms with Crippen molar-refractivity contribution in [2.24, 2.45) is 0 Å². The lowest BCUT2D eigenvalue weighted by Gasteiger charge is -2.18. The van der Waals surface area contributed by atoms with Crippen LogP contribution in [0.3, 0.4) is 0 Å². The molecule has 6 heteroatoms. The molecule has 1 aromatic rings. The van der Waals surface area contributed by atoms with Crippen LogP contribution in [0.1, 0.15) is 19.4 Å². The molecule has 0 saturated heterocycles. The Kier molecular flexibility index (Phi) is 13.7. The van der Waals surface area contributed by atoms with Gasteiger partial charge in [-0.2, -0.15) is 0 Å². The van der Waals surface area contributed by atoms with Gasteiger partial charge in [0.25, 0.3) is 0 Å². The Labute approximate surface area is 138 Å². The first-order valence-electron chi connectivity index (χ1n) is 6.04. The van der Waals surface area contributed by atoms with Crippen LogP contribution in [-0.4, -0.2) is 31.1 Å². The van der Waals surface area contributed by atoms with Gasteiger partial charge < -0.3 is 10.2 Å². The molecule has 0 radical (unpaired) electrons. The fraction of sp³-hybridized carbons (Fsp3) is 0.538. The standard InChI is InChI=1S/C13H20Cl2N2.2ClH/c1-3-17(4-2)8-7-16-10-11-5-6-12(14)9-13(11)15;;/h5-6,9,16H,3-4,7-8,10H2,1-2H3;2*1H. The zero-order valence-electron chi connectivity index (χ0n) is 11.3. The quantitative estimate of drug-likeness (QED) is 0.741. The Bertz CT molecular complexity index is 343. The third-order valence-electron chi connectivity index (χ3n) is 2.83. The van der Waals surface area contributed by atoms with E-state index in [0.29, 0.717) is 5.02 Å². The van der Waals surface area contributed by atoms with Gasteiger partial charge in [-0.25, -0.2) is 0 Å². The van der Waals surface area contributed by atoms with Gasteiger partial charge in [0.2, 0.25) is 0 Å². The van der Waals surface area contributed by atoms with Gasteiger partial charge in [0, 0.05) is 29.7 Å². The topological polar surface area (TPSA) is 15.3 Å². The van der Waals surface area contributed by atoms with Gasteiger partial charge in [0.05, 0.1) is 0 Å². The van der Waals surface area contributed by atoms with Gasteiger partial charge >= 0.3 is 0 Å². The van der Waals surface area contributed by atoms with Crippen molar-refractivity contribution < 1.29 is 0 Å². The molecule has 0 aliphatic carbocycles. The summed E-state index contributed by atoms with van der Waals surface area (Å²) < 4.78 is 0. The average Bonchev–Trinajstić information content (AvgIpc) is 2.32. The van der Waals surface area contributed by atoms with Crippen LogP contribution < -0.4 is 5.32 Å². The summed E-state index contributed by atoms with van der Waals surface area (Å²) in [5.74, 6) is 0. The maximum Gasteiger partial charge on any atom is 0.0465 e. The summed E-state index contributed by atoms with van der Waals surface area (Å²) in [6.07, 6.45) is 0. The molecule has 0 saturated carbocycles. The molecule has 0 bridgehead atoms. The van der Waals surface area contributed by atoms with Crippen LogP contribution in [0, 0.1) is 0 Å². The van der Waals surface area contributed by atoms with Crippen LogP contribution >= 0.6 is 48.0 Å². The Balaban J connectivity index is 0. The summed E-state index contributed by atoms with van der Waals surface area (Å²) in [5.41, 5.74) is 1.09. The SMILES string of the molecule is CCN(CC)CCNCc1ccc(Cl)cc1Cl.Cl.Cl. The lowest BCUT2D eigenvalue weighted by atomic mass is 10.2. The predicted molar refractivity (Wildman–Crippen MR) is 90.5 cm³/mol. The van der Waals surface area contributed by atoms with E-state index in [1.54, 1.807) is 6.07 Å². The molecule has 19 heavy (non-hydrogen) atoms. The number of nitrogens with one attached hydrogen (secondary N) is 1. The van der Waals surface area contributed by atoms with Gasteiger partial charge in [0.1, 0.15) is 0 Å². The molecule has 0 aromatic heterocycles. The maximum atomic E-state index is 6.09. The average molecular weight is 348 g/mol. The van der Waals surface area contributed by atoms with Crippen LogP contribution in [0.4, 0.5) is 0 Å². The number of halogens is 4. The molecule has 0 spiro atoms. The van der Waals surface area contributed by atoms with Crippen LogP contribution in [0.25, 0.3) is 0 Å². The van der Waals surface area contributed by atoms with Crippen molar-refractivity contribution in [3.05, 3.63) is 33.8 Å². The smallest absolute Gasteiger partial charge is 0.0465 e. The van der Waals surface area contributed by atoms with Crippen molar-refractivity contribution >= 4 is 48.0 Å². The van der Waals surface area contributed by atoms with E-state index in [-0.39, 0.29) is 24.8 Å². The Hall–Kier alpha value is 0.300. The number of hydrogen-bond donors (Lipinski definition) is 1. The molecule has 1 rings (SSSR count). The summed E-state index contributed by atoms with van der Waals surface area (Å²) >= 11 is 11.9. The minimum absolute atomic E-state index is 0. The van der Waals surface area contributed by atoms with Crippen LogP contribution in [0.5, 0.6) is 0 Å². The van der Waals surface area contributed by atoms with Crippen molar-refractivity contribution in [3.63, 3.8) is 0 Å². The van der Waals surface area contributed by atoms with E-state index >= 15 is 0 Å². The number of nitrogens with zero attached hydrogens (tertiary/aromatic N) is 1. The summed E-state index contributed by atoms with van der Waals surface area (Å²) in [6.45, 7) is 9.38. The first kappa shape index (κ1) is 21.6. The molecule has 0 aliphatic rings. The van der Waals surface area contributed by atoms with E-state index in [1.165, 1.54) is 0 Å². The minimum Gasteiger partial charge on any atom is -0.311 e. The lowest BCUT2D eigenvalue weighted by Crippen LogP contribution is -2.31. The van der Waals surface area contributed by atoms with Crippen molar-refractivity contribution in [1.29, 1.82) is 0 Å². The minimum atomic E-state index is 0. The number of hydrogen-bond acceptors (Lipinski definition) is 2. The molecule has 0 heterocycles. The highest BCUT2D eigenvalue weighted by Gasteiger charge is 2.01. The number of benzene rings is 1. The molecule has 0 atom stereocenters. The van der Waals surface area contributed by atoms with Gasteiger partial charge in [0.15, 0.2) is 0 Å². The van der Waals surface area contributed by atoms with Gasteiger partial charge in [-0.15, -0.1) is 24.8 Å². The van der Waals surface area contributed by atoms with Crippen molar-refractivity contribution in [2.75, 3.05) is 26.2 Å². The molecule has 2 nitrogen and oxygen atoms in total. The van der Waals surface area contributed by atoms with Crippen LogP contribution in [0.2, 0.25) is 10.0 Å². The fourth-order valence-electron chi connectivity index (χ4n) is 1.67. The molecule has 112 valence electrons. The van der Waals surface area contributed by atoms with E-state index in [0.717, 1.165) is 43.3 Å². The highest BCUT2D eigenvalue weighted by molar-refractivity contribution is 6.35. The Morgan fingerprint density at radius 1 is 1.11 bits per heavy atom. The second-order valence-corrected chi connectivity index (χ2v) is 4.78. The summed E-state index contributed by atoms with van der Waals surface area (Å²) in [5, 5.41) is 4.80. The molecular weight excluding hydrogens is 326 g/mol. The third-order valence-corrected chi connectivity index (χ3v) is 3.42. The molecule has 0 amide bonds.